The number of aryl methyl sites for hydroxylation is 2. The van der Waals surface area contributed by atoms with Crippen LogP contribution in [0.2, 0.25) is 0 Å². The highest BCUT2D eigenvalue weighted by Crippen LogP contribution is 2.29. The van der Waals surface area contributed by atoms with E-state index in [1.165, 1.54) is 6.42 Å². The van der Waals surface area contributed by atoms with Crippen LogP contribution in [0.5, 0.6) is 0 Å². The highest BCUT2D eigenvalue weighted by atomic mass is 35.5. The van der Waals surface area contributed by atoms with Gasteiger partial charge in [0.05, 0.1) is 17.6 Å². The van der Waals surface area contributed by atoms with Crippen molar-refractivity contribution >= 4 is 17.4 Å². The predicted octanol–water partition coefficient (Wildman–Crippen LogP) is 2.55. The van der Waals surface area contributed by atoms with Gasteiger partial charge in [-0.25, -0.2) is 4.98 Å². The molecule has 1 aromatic rings. The largest absolute Gasteiger partial charge is 0.351 e. The van der Waals surface area contributed by atoms with Crippen LogP contribution in [0.4, 0.5) is 5.82 Å². The van der Waals surface area contributed by atoms with Crippen LogP contribution in [-0.2, 0) is 0 Å². The molecule has 16 heavy (non-hydrogen) atoms. The van der Waals surface area contributed by atoms with Crippen molar-refractivity contribution in [3.8, 4) is 0 Å². The number of nitrogens with zero attached hydrogens (tertiary/aromatic N) is 3. The Morgan fingerprint density at radius 2 is 2.19 bits per heavy atom. The highest BCUT2D eigenvalue weighted by molar-refractivity contribution is 6.18. The molecule has 0 saturated carbocycles. The van der Waals surface area contributed by atoms with Crippen LogP contribution < -0.4 is 4.90 Å². The van der Waals surface area contributed by atoms with Crippen molar-refractivity contribution in [1.29, 1.82) is 0 Å². The molecule has 2 unspecified atom stereocenters. The maximum absolute atomic E-state index is 6.03. The first-order valence-electron chi connectivity index (χ1n) is 5.76. The fourth-order valence-corrected chi connectivity index (χ4v) is 2.67. The second-order valence-electron chi connectivity index (χ2n) is 4.58. The molecule has 2 atom stereocenters. The fraction of sp³-hybridized carbons (Fsp3) is 0.667. The summed E-state index contributed by atoms with van der Waals surface area (Å²) in [5.41, 5.74) is 2.00. The lowest BCUT2D eigenvalue weighted by Crippen LogP contribution is -2.34. The van der Waals surface area contributed by atoms with Gasteiger partial charge < -0.3 is 4.90 Å². The number of hydrogen-bond acceptors (Lipinski definition) is 3. The molecule has 1 fully saturated rings. The van der Waals surface area contributed by atoms with Crippen LogP contribution >= 0.6 is 11.6 Å². The maximum Gasteiger partial charge on any atom is 0.147 e. The standard InChI is InChI=1S/C12H18ClN3/c1-8-4-5-16(11(8)6-13)12-7-14-9(2)10(3)15-12/h7-8,11H,4-6H2,1-3H3. The Kier molecular flexibility index (Phi) is 3.33. The summed E-state index contributed by atoms with van der Waals surface area (Å²) in [5, 5.41) is 0. The zero-order valence-electron chi connectivity index (χ0n) is 10.1. The molecule has 4 heteroatoms. The quantitative estimate of drug-likeness (QED) is 0.743. The minimum Gasteiger partial charge on any atom is -0.351 e. The summed E-state index contributed by atoms with van der Waals surface area (Å²) in [4.78, 5) is 11.3. The SMILES string of the molecule is Cc1ncc(N2CCC(C)C2CCl)nc1C. The maximum atomic E-state index is 6.03. The van der Waals surface area contributed by atoms with Crippen molar-refractivity contribution in [2.45, 2.75) is 33.2 Å². The van der Waals surface area contributed by atoms with Gasteiger partial charge in [-0.2, -0.15) is 0 Å². The second-order valence-corrected chi connectivity index (χ2v) is 4.89. The van der Waals surface area contributed by atoms with E-state index in [-0.39, 0.29) is 0 Å². The lowest BCUT2D eigenvalue weighted by Gasteiger charge is -2.26. The molecule has 0 N–H and O–H groups in total. The molecule has 1 aliphatic heterocycles. The third-order valence-electron chi connectivity index (χ3n) is 3.51. The molecule has 0 amide bonds. The van der Waals surface area contributed by atoms with E-state index < -0.39 is 0 Å². The Hall–Kier alpha value is -0.830. The van der Waals surface area contributed by atoms with Gasteiger partial charge in [-0.05, 0) is 26.2 Å². The van der Waals surface area contributed by atoms with E-state index in [0.29, 0.717) is 17.8 Å². The monoisotopic (exact) mass is 239 g/mol. The van der Waals surface area contributed by atoms with Crippen LogP contribution in [0.15, 0.2) is 6.20 Å². The van der Waals surface area contributed by atoms with Crippen LogP contribution in [0, 0.1) is 19.8 Å². The van der Waals surface area contributed by atoms with Crippen molar-refractivity contribution in [1.82, 2.24) is 9.97 Å². The summed E-state index contributed by atoms with van der Waals surface area (Å²) < 4.78 is 0. The zero-order valence-corrected chi connectivity index (χ0v) is 10.8. The number of anilines is 1. The van der Waals surface area contributed by atoms with Crippen LogP contribution in [0.25, 0.3) is 0 Å². The molecule has 0 spiro atoms. The molecule has 2 heterocycles. The molecular formula is C12H18ClN3. The summed E-state index contributed by atoms with van der Waals surface area (Å²) in [5.74, 6) is 2.27. The molecule has 0 aliphatic carbocycles. The normalized spacial score (nSPS) is 25.1. The van der Waals surface area contributed by atoms with Gasteiger partial charge in [0.2, 0.25) is 0 Å². The van der Waals surface area contributed by atoms with Crippen LogP contribution in [-0.4, -0.2) is 28.4 Å². The fourth-order valence-electron chi connectivity index (χ4n) is 2.20. The van der Waals surface area contributed by atoms with E-state index in [1.807, 2.05) is 20.0 Å². The summed E-state index contributed by atoms with van der Waals surface area (Å²) in [7, 11) is 0. The van der Waals surface area contributed by atoms with Crippen LogP contribution in [0.1, 0.15) is 24.7 Å². The molecule has 1 aliphatic rings. The Bertz CT molecular complexity index is 381. The number of hydrogen-bond donors (Lipinski definition) is 0. The van der Waals surface area contributed by atoms with Gasteiger partial charge in [0.15, 0.2) is 0 Å². The average molecular weight is 240 g/mol. The van der Waals surface area contributed by atoms with Crippen molar-refractivity contribution in [3.63, 3.8) is 0 Å². The summed E-state index contributed by atoms with van der Waals surface area (Å²) in [6, 6.07) is 0.401. The summed E-state index contributed by atoms with van der Waals surface area (Å²) >= 11 is 6.03. The molecule has 3 nitrogen and oxygen atoms in total. The van der Waals surface area contributed by atoms with Crippen molar-refractivity contribution in [3.05, 3.63) is 17.6 Å². The van der Waals surface area contributed by atoms with Gasteiger partial charge in [-0.3, -0.25) is 4.98 Å². The first-order chi connectivity index (χ1) is 7.63. The number of halogens is 1. The Balaban J connectivity index is 2.27. The third-order valence-corrected chi connectivity index (χ3v) is 3.83. The van der Waals surface area contributed by atoms with Gasteiger partial charge in [-0.15, -0.1) is 11.6 Å². The average Bonchev–Trinajstić information content (AvgIpc) is 2.63. The van der Waals surface area contributed by atoms with E-state index in [9.17, 15) is 0 Å². The topological polar surface area (TPSA) is 29.0 Å². The van der Waals surface area contributed by atoms with Gasteiger partial charge in [0.25, 0.3) is 0 Å². The lowest BCUT2D eigenvalue weighted by molar-refractivity contribution is 0.548. The van der Waals surface area contributed by atoms with E-state index in [2.05, 4.69) is 21.8 Å². The molecule has 0 aromatic carbocycles. The molecule has 0 bridgehead atoms. The van der Waals surface area contributed by atoms with Gasteiger partial charge in [-0.1, -0.05) is 6.92 Å². The van der Waals surface area contributed by atoms with Crippen LogP contribution in [0.3, 0.4) is 0 Å². The molecular weight excluding hydrogens is 222 g/mol. The molecule has 88 valence electrons. The van der Waals surface area contributed by atoms with Gasteiger partial charge in [0.1, 0.15) is 5.82 Å². The van der Waals surface area contributed by atoms with Crippen molar-refractivity contribution in [2.75, 3.05) is 17.3 Å². The lowest BCUT2D eigenvalue weighted by atomic mass is 10.1. The van der Waals surface area contributed by atoms with E-state index in [4.69, 9.17) is 11.6 Å². The Labute approximate surface area is 102 Å². The summed E-state index contributed by atoms with van der Waals surface area (Å²) in [6.07, 6.45) is 3.05. The zero-order chi connectivity index (χ0) is 11.7. The Morgan fingerprint density at radius 1 is 1.44 bits per heavy atom. The van der Waals surface area contributed by atoms with Crippen molar-refractivity contribution < 1.29 is 0 Å². The van der Waals surface area contributed by atoms with Gasteiger partial charge >= 0.3 is 0 Å². The number of alkyl halides is 1. The minimum absolute atomic E-state index is 0.401. The molecule has 0 radical (unpaired) electrons. The van der Waals surface area contributed by atoms with E-state index in [1.54, 1.807) is 0 Å². The van der Waals surface area contributed by atoms with Crippen molar-refractivity contribution in [2.24, 2.45) is 5.92 Å². The molecule has 1 saturated heterocycles. The van der Waals surface area contributed by atoms with Gasteiger partial charge in [0, 0.05) is 18.5 Å². The minimum atomic E-state index is 0.401. The predicted molar refractivity (Wildman–Crippen MR) is 67.1 cm³/mol. The second kappa shape index (κ2) is 4.58. The first-order valence-corrected chi connectivity index (χ1v) is 6.29. The third kappa shape index (κ3) is 2.01. The first kappa shape index (κ1) is 11.6. The summed E-state index contributed by atoms with van der Waals surface area (Å²) in [6.45, 7) is 7.27. The van der Waals surface area contributed by atoms with E-state index >= 15 is 0 Å². The number of rotatable bonds is 2. The number of aromatic nitrogens is 2. The molecule has 2 rings (SSSR count). The smallest absolute Gasteiger partial charge is 0.147 e. The highest BCUT2D eigenvalue weighted by Gasteiger charge is 2.31. The van der Waals surface area contributed by atoms with E-state index in [0.717, 1.165) is 23.8 Å². The Morgan fingerprint density at radius 3 is 2.81 bits per heavy atom. The molecule has 1 aromatic heterocycles.